The van der Waals surface area contributed by atoms with Crippen LogP contribution in [0.5, 0.6) is 5.75 Å². The van der Waals surface area contributed by atoms with Gasteiger partial charge in [0, 0.05) is 28.2 Å². The SMILES string of the molecule is CN(c1ccc(OC(F)(F)F)cc1)c1cccc2c1sc1c(C3CCCCC3)cccc12. The number of thiophene rings is 1. The van der Waals surface area contributed by atoms with E-state index >= 15 is 0 Å². The van der Waals surface area contributed by atoms with Crippen molar-refractivity contribution in [3.63, 3.8) is 0 Å². The molecule has 2 nitrogen and oxygen atoms in total. The number of fused-ring (bicyclic) bond motifs is 3. The summed E-state index contributed by atoms with van der Waals surface area (Å²) in [6.45, 7) is 0. The van der Waals surface area contributed by atoms with Gasteiger partial charge in [-0.15, -0.1) is 24.5 Å². The molecule has 1 saturated carbocycles. The summed E-state index contributed by atoms with van der Waals surface area (Å²) in [5, 5.41) is 2.52. The second-order valence-corrected chi connectivity index (χ2v) is 9.44. The fourth-order valence-electron chi connectivity index (χ4n) is 4.84. The highest BCUT2D eigenvalue weighted by atomic mass is 32.1. The molecule has 0 atom stereocenters. The number of halogens is 3. The molecule has 3 aromatic carbocycles. The molecule has 32 heavy (non-hydrogen) atoms. The van der Waals surface area contributed by atoms with Crippen LogP contribution < -0.4 is 9.64 Å². The normalized spacial score (nSPS) is 15.4. The van der Waals surface area contributed by atoms with Crippen LogP contribution in [0.3, 0.4) is 0 Å². The first-order valence-electron chi connectivity index (χ1n) is 10.9. The average Bonchev–Trinajstić information content (AvgIpc) is 3.18. The van der Waals surface area contributed by atoms with Crippen LogP contribution in [-0.4, -0.2) is 13.4 Å². The molecule has 0 bridgehead atoms. The van der Waals surface area contributed by atoms with Gasteiger partial charge in [0.2, 0.25) is 0 Å². The van der Waals surface area contributed by atoms with Gasteiger partial charge in [0.15, 0.2) is 0 Å². The minimum absolute atomic E-state index is 0.216. The maximum atomic E-state index is 12.5. The maximum Gasteiger partial charge on any atom is 0.573 e. The van der Waals surface area contributed by atoms with Crippen LogP contribution in [-0.2, 0) is 0 Å². The van der Waals surface area contributed by atoms with E-state index in [-0.39, 0.29) is 5.75 Å². The van der Waals surface area contributed by atoms with Crippen LogP contribution in [0.15, 0.2) is 60.7 Å². The number of benzene rings is 3. The summed E-state index contributed by atoms with van der Waals surface area (Å²) in [7, 11) is 1.95. The molecule has 0 N–H and O–H groups in total. The standard InChI is InChI=1S/C26H24F3NOS/c1-30(18-13-15-19(16-14-18)31-26(27,28)29)23-12-6-11-22-21-10-5-9-20(24(21)32-25(22)23)17-7-3-2-4-8-17/h5-6,9-17H,2-4,7-8H2,1H3. The summed E-state index contributed by atoms with van der Waals surface area (Å²) in [6, 6.07) is 19.0. The Balaban J connectivity index is 1.54. The Morgan fingerprint density at radius 1 is 0.844 bits per heavy atom. The maximum absolute atomic E-state index is 12.5. The molecule has 0 spiro atoms. The third-order valence-electron chi connectivity index (χ3n) is 6.40. The Bertz CT molecular complexity index is 1240. The van der Waals surface area contributed by atoms with E-state index in [1.165, 1.54) is 70.0 Å². The van der Waals surface area contributed by atoms with Crippen LogP contribution in [0.1, 0.15) is 43.6 Å². The highest BCUT2D eigenvalue weighted by Crippen LogP contribution is 2.45. The van der Waals surface area contributed by atoms with Crippen molar-refractivity contribution in [1.29, 1.82) is 0 Å². The predicted octanol–water partition coefficient (Wildman–Crippen LogP) is 8.77. The fourth-order valence-corrected chi connectivity index (χ4v) is 6.28. The van der Waals surface area contributed by atoms with E-state index in [2.05, 4.69) is 41.1 Å². The Morgan fingerprint density at radius 3 is 2.19 bits per heavy atom. The van der Waals surface area contributed by atoms with Gasteiger partial charge in [-0.3, -0.25) is 0 Å². The first kappa shape index (κ1) is 21.1. The van der Waals surface area contributed by atoms with Gasteiger partial charge in [-0.25, -0.2) is 0 Å². The molecule has 4 aromatic rings. The monoisotopic (exact) mass is 455 g/mol. The molecule has 0 amide bonds. The van der Waals surface area contributed by atoms with E-state index < -0.39 is 6.36 Å². The molecule has 1 fully saturated rings. The van der Waals surface area contributed by atoms with E-state index in [4.69, 9.17) is 0 Å². The molecule has 6 heteroatoms. The highest BCUT2D eigenvalue weighted by molar-refractivity contribution is 7.26. The van der Waals surface area contributed by atoms with Crippen molar-refractivity contribution in [3.05, 3.63) is 66.2 Å². The van der Waals surface area contributed by atoms with Gasteiger partial charge in [0.25, 0.3) is 0 Å². The van der Waals surface area contributed by atoms with Gasteiger partial charge >= 0.3 is 6.36 Å². The van der Waals surface area contributed by atoms with E-state index in [0.29, 0.717) is 5.92 Å². The van der Waals surface area contributed by atoms with Gasteiger partial charge in [-0.1, -0.05) is 49.6 Å². The van der Waals surface area contributed by atoms with Crippen molar-refractivity contribution in [2.45, 2.75) is 44.4 Å². The lowest BCUT2D eigenvalue weighted by molar-refractivity contribution is -0.274. The molecule has 166 valence electrons. The van der Waals surface area contributed by atoms with E-state index in [1.807, 2.05) is 23.3 Å². The molecule has 5 rings (SSSR count). The second kappa shape index (κ2) is 8.32. The first-order valence-corrected chi connectivity index (χ1v) is 11.8. The summed E-state index contributed by atoms with van der Waals surface area (Å²) in [5.41, 5.74) is 3.31. The van der Waals surface area contributed by atoms with Crippen molar-refractivity contribution in [2.75, 3.05) is 11.9 Å². The number of hydrogen-bond acceptors (Lipinski definition) is 3. The minimum atomic E-state index is -4.69. The zero-order valence-electron chi connectivity index (χ0n) is 17.8. The number of nitrogens with zero attached hydrogens (tertiary/aromatic N) is 1. The van der Waals surface area contributed by atoms with Crippen molar-refractivity contribution in [3.8, 4) is 5.75 Å². The molecular formula is C26H24F3NOS. The van der Waals surface area contributed by atoms with Gasteiger partial charge in [-0.2, -0.15) is 0 Å². The molecular weight excluding hydrogens is 431 g/mol. The number of anilines is 2. The van der Waals surface area contributed by atoms with E-state index in [1.54, 1.807) is 12.1 Å². The summed E-state index contributed by atoms with van der Waals surface area (Å²) in [6.07, 6.45) is 1.76. The zero-order valence-corrected chi connectivity index (χ0v) is 18.6. The van der Waals surface area contributed by atoms with Gasteiger partial charge in [0.05, 0.1) is 10.4 Å². The molecule has 1 aliphatic carbocycles. The van der Waals surface area contributed by atoms with Gasteiger partial charge in [0.1, 0.15) is 5.75 Å². The third kappa shape index (κ3) is 4.04. The summed E-state index contributed by atoms with van der Waals surface area (Å²) < 4.78 is 44.0. The quantitative estimate of drug-likeness (QED) is 0.305. The number of alkyl halides is 3. The van der Waals surface area contributed by atoms with Crippen LogP contribution in [0.4, 0.5) is 24.5 Å². The third-order valence-corrected chi connectivity index (χ3v) is 7.69. The van der Waals surface area contributed by atoms with Crippen molar-refractivity contribution >= 4 is 42.9 Å². The second-order valence-electron chi connectivity index (χ2n) is 8.42. The molecule has 0 unspecified atom stereocenters. The lowest BCUT2D eigenvalue weighted by Gasteiger charge is -2.22. The summed E-state index contributed by atoms with van der Waals surface area (Å²) in [4.78, 5) is 2.02. The van der Waals surface area contributed by atoms with Crippen LogP contribution >= 0.6 is 11.3 Å². The number of ether oxygens (including phenoxy) is 1. The lowest BCUT2D eigenvalue weighted by Crippen LogP contribution is -2.17. The summed E-state index contributed by atoms with van der Waals surface area (Å²) >= 11 is 1.83. The Kier molecular flexibility index (Phi) is 5.49. The van der Waals surface area contributed by atoms with Crippen LogP contribution in [0.2, 0.25) is 0 Å². The highest BCUT2D eigenvalue weighted by Gasteiger charge is 2.31. The first-order chi connectivity index (χ1) is 15.4. The van der Waals surface area contributed by atoms with Crippen molar-refractivity contribution < 1.29 is 17.9 Å². The Hall–Kier alpha value is -2.73. The average molecular weight is 456 g/mol. The predicted molar refractivity (Wildman–Crippen MR) is 126 cm³/mol. The zero-order chi connectivity index (χ0) is 22.3. The van der Waals surface area contributed by atoms with Crippen LogP contribution in [0.25, 0.3) is 20.2 Å². The smallest absolute Gasteiger partial charge is 0.406 e. The Labute approximate surface area is 189 Å². The molecule has 0 saturated heterocycles. The largest absolute Gasteiger partial charge is 0.573 e. The molecule has 0 aliphatic heterocycles. The number of hydrogen-bond donors (Lipinski definition) is 0. The number of rotatable bonds is 4. The van der Waals surface area contributed by atoms with Gasteiger partial charge in [-0.05, 0) is 54.7 Å². The minimum Gasteiger partial charge on any atom is -0.406 e. The van der Waals surface area contributed by atoms with Crippen LogP contribution in [0, 0.1) is 0 Å². The molecule has 1 aliphatic rings. The Morgan fingerprint density at radius 2 is 1.50 bits per heavy atom. The van der Waals surface area contributed by atoms with Crippen molar-refractivity contribution in [2.24, 2.45) is 0 Å². The summed E-state index contributed by atoms with van der Waals surface area (Å²) in [5.74, 6) is 0.412. The molecule has 1 heterocycles. The van der Waals surface area contributed by atoms with E-state index in [9.17, 15) is 13.2 Å². The molecule has 1 aromatic heterocycles. The molecule has 0 radical (unpaired) electrons. The fraction of sp³-hybridized carbons (Fsp3) is 0.308. The van der Waals surface area contributed by atoms with E-state index in [0.717, 1.165) is 11.4 Å². The van der Waals surface area contributed by atoms with Crippen molar-refractivity contribution in [1.82, 2.24) is 0 Å². The lowest BCUT2D eigenvalue weighted by atomic mass is 9.84. The topological polar surface area (TPSA) is 12.5 Å². The van der Waals surface area contributed by atoms with Gasteiger partial charge < -0.3 is 9.64 Å².